The van der Waals surface area contributed by atoms with Crippen molar-refractivity contribution in [2.45, 2.75) is 64.2 Å². The zero-order valence-corrected chi connectivity index (χ0v) is 18.2. The Morgan fingerprint density at radius 1 is 1.04 bits per heavy atom. The van der Waals surface area contributed by atoms with Crippen LogP contribution in [0, 0.1) is 5.92 Å². The third-order valence-corrected chi connectivity index (χ3v) is 6.82. The highest BCUT2D eigenvalue weighted by Crippen LogP contribution is 2.32. The number of likely N-dealkylation sites (N-methyl/N-ethyl adjacent to an activating group) is 1. The first kappa shape index (κ1) is 20.0. The molecule has 6 heteroatoms. The molecule has 4 heterocycles. The predicted octanol–water partition coefficient (Wildman–Crippen LogP) is 2.31. The summed E-state index contributed by atoms with van der Waals surface area (Å²) in [5.41, 5.74) is 1.23. The van der Waals surface area contributed by atoms with Gasteiger partial charge in [0.2, 0.25) is 5.95 Å². The van der Waals surface area contributed by atoms with Crippen LogP contribution in [-0.4, -0.2) is 89.6 Å². The minimum absolute atomic E-state index is 0.591. The van der Waals surface area contributed by atoms with Crippen molar-refractivity contribution in [1.29, 1.82) is 0 Å². The van der Waals surface area contributed by atoms with E-state index in [1.807, 2.05) is 0 Å². The van der Waals surface area contributed by atoms with Crippen molar-refractivity contribution >= 4 is 5.95 Å². The Morgan fingerprint density at radius 3 is 2.21 bits per heavy atom. The summed E-state index contributed by atoms with van der Waals surface area (Å²) in [6.07, 6.45) is 9.21. The maximum atomic E-state index is 4.77. The average molecular weight is 387 g/mol. The Hall–Kier alpha value is -1.24. The van der Waals surface area contributed by atoms with Gasteiger partial charge < -0.3 is 14.7 Å². The number of nitrogens with zero attached hydrogens (tertiary/aromatic N) is 6. The summed E-state index contributed by atoms with van der Waals surface area (Å²) < 4.78 is 0. The summed E-state index contributed by atoms with van der Waals surface area (Å²) in [6.45, 7) is 11.6. The molecule has 2 unspecified atom stereocenters. The van der Waals surface area contributed by atoms with Crippen LogP contribution in [-0.2, 0) is 6.54 Å². The fourth-order valence-electron chi connectivity index (χ4n) is 5.48. The van der Waals surface area contributed by atoms with Gasteiger partial charge in [-0.2, -0.15) is 0 Å². The molecule has 3 aliphatic rings. The molecule has 0 radical (unpaired) electrons. The van der Waals surface area contributed by atoms with E-state index in [1.54, 1.807) is 0 Å². The summed E-state index contributed by atoms with van der Waals surface area (Å²) in [5.74, 6) is 1.70. The van der Waals surface area contributed by atoms with Crippen LogP contribution >= 0.6 is 0 Å². The Kier molecular flexibility index (Phi) is 6.18. The van der Waals surface area contributed by atoms with Crippen LogP contribution in [0.4, 0.5) is 5.95 Å². The van der Waals surface area contributed by atoms with Gasteiger partial charge in [0, 0.05) is 62.3 Å². The highest BCUT2D eigenvalue weighted by Gasteiger charge is 2.40. The van der Waals surface area contributed by atoms with Crippen molar-refractivity contribution in [2.24, 2.45) is 5.92 Å². The number of rotatable bonds is 6. The second kappa shape index (κ2) is 8.64. The van der Waals surface area contributed by atoms with Gasteiger partial charge in [-0.1, -0.05) is 13.8 Å². The van der Waals surface area contributed by atoms with E-state index in [1.165, 1.54) is 50.9 Å². The molecule has 28 heavy (non-hydrogen) atoms. The third-order valence-electron chi connectivity index (χ3n) is 6.82. The highest BCUT2D eigenvalue weighted by atomic mass is 15.4. The van der Waals surface area contributed by atoms with E-state index in [9.17, 15) is 0 Å². The number of hydrogen-bond donors (Lipinski definition) is 0. The largest absolute Gasteiger partial charge is 0.332 e. The van der Waals surface area contributed by atoms with Gasteiger partial charge in [0.05, 0.1) is 0 Å². The van der Waals surface area contributed by atoms with Crippen LogP contribution < -0.4 is 4.90 Å². The number of piperazine rings is 1. The van der Waals surface area contributed by atoms with Crippen molar-refractivity contribution in [2.75, 3.05) is 51.7 Å². The van der Waals surface area contributed by atoms with Gasteiger partial charge in [0.1, 0.15) is 0 Å². The van der Waals surface area contributed by atoms with Crippen LogP contribution in [0.1, 0.15) is 45.1 Å². The van der Waals surface area contributed by atoms with E-state index < -0.39 is 0 Å². The molecule has 4 rings (SSSR count). The summed E-state index contributed by atoms with van der Waals surface area (Å²) in [4.78, 5) is 19.6. The first-order valence-corrected chi connectivity index (χ1v) is 11.2. The quantitative estimate of drug-likeness (QED) is 0.747. The molecule has 1 aromatic rings. The average Bonchev–Trinajstić information content (AvgIpc) is 2.93. The Morgan fingerprint density at radius 2 is 1.64 bits per heavy atom. The van der Waals surface area contributed by atoms with Gasteiger partial charge in [-0.25, -0.2) is 9.97 Å². The molecule has 0 spiro atoms. The van der Waals surface area contributed by atoms with Crippen molar-refractivity contribution in [1.82, 2.24) is 24.7 Å². The molecule has 156 valence electrons. The smallest absolute Gasteiger partial charge is 0.225 e. The molecule has 0 amide bonds. The number of fused-ring (bicyclic) bond motifs is 2. The number of hydrogen-bond acceptors (Lipinski definition) is 6. The van der Waals surface area contributed by atoms with Crippen molar-refractivity contribution in [3.8, 4) is 0 Å². The van der Waals surface area contributed by atoms with Crippen molar-refractivity contribution in [3.63, 3.8) is 0 Å². The minimum Gasteiger partial charge on any atom is -0.332 e. The standard InChI is InChI=1S/C22H38N6/c1-17(2)13-27-9-7-19(8-10-27)26(4)14-18-11-23-22(24-12-18)28-20-5-6-21(28)16-25(3)15-20/h11-12,17,19-21H,5-10,13-16H2,1-4H3. The Balaban J connectivity index is 1.30. The van der Waals surface area contributed by atoms with E-state index in [2.05, 4.69) is 59.9 Å². The zero-order chi connectivity index (χ0) is 19.7. The molecule has 0 aromatic carbocycles. The van der Waals surface area contributed by atoms with Gasteiger partial charge in [-0.05, 0) is 58.8 Å². The fourth-order valence-corrected chi connectivity index (χ4v) is 5.48. The maximum Gasteiger partial charge on any atom is 0.225 e. The van der Waals surface area contributed by atoms with E-state index in [-0.39, 0.29) is 0 Å². The van der Waals surface area contributed by atoms with Gasteiger partial charge in [-0.3, -0.25) is 4.90 Å². The molecule has 6 nitrogen and oxygen atoms in total. The van der Waals surface area contributed by atoms with E-state index >= 15 is 0 Å². The van der Waals surface area contributed by atoms with Gasteiger partial charge >= 0.3 is 0 Å². The third kappa shape index (κ3) is 4.50. The summed E-state index contributed by atoms with van der Waals surface area (Å²) in [5, 5.41) is 0. The molecule has 3 saturated heterocycles. The van der Waals surface area contributed by atoms with Crippen LogP contribution in [0.15, 0.2) is 12.4 Å². The lowest BCUT2D eigenvalue weighted by atomic mass is 10.0. The topological polar surface area (TPSA) is 38.7 Å². The monoisotopic (exact) mass is 386 g/mol. The van der Waals surface area contributed by atoms with Crippen LogP contribution in [0.3, 0.4) is 0 Å². The van der Waals surface area contributed by atoms with E-state index in [4.69, 9.17) is 9.97 Å². The first-order valence-electron chi connectivity index (χ1n) is 11.2. The summed E-state index contributed by atoms with van der Waals surface area (Å²) in [6, 6.07) is 1.86. The Labute approximate surface area is 170 Å². The SMILES string of the molecule is CC(C)CN1CCC(N(C)Cc2cnc(N3C4CCC3CN(C)C4)nc2)CC1. The van der Waals surface area contributed by atoms with Crippen LogP contribution in [0.2, 0.25) is 0 Å². The lowest BCUT2D eigenvalue weighted by Crippen LogP contribution is -2.53. The molecule has 0 saturated carbocycles. The van der Waals surface area contributed by atoms with E-state index in [0.717, 1.165) is 31.5 Å². The van der Waals surface area contributed by atoms with Gasteiger partial charge in [0.25, 0.3) is 0 Å². The van der Waals surface area contributed by atoms with Crippen LogP contribution in [0.25, 0.3) is 0 Å². The molecule has 3 fully saturated rings. The highest BCUT2D eigenvalue weighted by molar-refractivity contribution is 5.37. The summed E-state index contributed by atoms with van der Waals surface area (Å²) in [7, 11) is 4.49. The van der Waals surface area contributed by atoms with Crippen LogP contribution in [0.5, 0.6) is 0 Å². The number of aromatic nitrogens is 2. The number of likely N-dealkylation sites (tertiary alicyclic amines) is 2. The first-order chi connectivity index (χ1) is 13.5. The molecule has 2 bridgehead atoms. The molecule has 3 aliphatic heterocycles. The van der Waals surface area contributed by atoms with Crippen molar-refractivity contribution in [3.05, 3.63) is 18.0 Å². The molecular weight excluding hydrogens is 348 g/mol. The fraction of sp³-hybridized carbons (Fsp3) is 0.818. The van der Waals surface area contributed by atoms with Crippen molar-refractivity contribution < 1.29 is 0 Å². The summed E-state index contributed by atoms with van der Waals surface area (Å²) >= 11 is 0. The molecule has 2 atom stereocenters. The number of anilines is 1. The maximum absolute atomic E-state index is 4.77. The second-order valence-corrected chi connectivity index (χ2v) is 9.75. The molecule has 0 aliphatic carbocycles. The molecule has 0 N–H and O–H groups in total. The molecular formula is C22H38N6. The van der Waals surface area contributed by atoms with E-state index in [0.29, 0.717) is 18.1 Å². The van der Waals surface area contributed by atoms with Gasteiger partial charge in [0.15, 0.2) is 0 Å². The predicted molar refractivity (Wildman–Crippen MR) is 115 cm³/mol. The normalized spacial score (nSPS) is 27.3. The minimum atomic E-state index is 0.591. The lowest BCUT2D eigenvalue weighted by Gasteiger charge is -2.39. The second-order valence-electron chi connectivity index (χ2n) is 9.75. The lowest BCUT2D eigenvalue weighted by molar-refractivity contribution is 0.115. The Bertz CT molecular complexity index is 610. The zero-order valence-electron chi connectivity index (χ0n) is 18.2. The number of piperidine rings is 1. The van der Waals surface area contributed by atoms with Gasteiger partial charge in [-0.15, -0.1) is 0 Å². The molecule has 1 aromatic heterocycles.